The van der Waals surface area contributed by atoms with Crippen LogP contribution in [-0.2, 0) is 0 Å². The maximum absolute atomic E-state index is 12.3. The van der Waals surface area contributed by atoms with Gasteiger partial charge in [0, 0.05) is 12.2 Å². The molecule has 0 aliphatic carbocycles. The summed E-state index contributed by atoms with van der Waals surface area (Å²) in [6, 6.07) is 7.22. The van der Waals surface area contributed by atoms with Crippen LogP contribution in [0.15, 0.2) is 24.3 Å². The van der Waals surface area contributed by atoms with Crippen LogP contribution < -0.4 is 10.6 Å². The summed E-state index contributed by atoms with van der Waals surface area (Å²) in [6.07, 6.45) is 1.42. The highest BCUT2D eigenvalue weighted by Gasteiger charge is 2.29. The van der Waals surface area contributed by atoms with Crippen molar-refractivity contribution in [1.29, 1.82) is 0 Å². The molecule has 0 saturated carbocycles. The number of aliphatic hydroxyl groups excluding tert-OH is 2. The Labute approximate surface area is 120 Å². The number of amides is 1. The molecule has 1 rings (SSSR count). The molecule has 0 unspecified atom stereocenters. The van der Waals surface area contributed by atoms with Gasteiger partial charge in [-0.2, -0.15) is 0 Å². The van der Waals surface area contributed by atoms with Gasteiger partial charge in [-0.25, -0.2) is 0 Å². The summed E-state index contributed by atoms with van der Waals surface area (Å²) in [7, 11) is 0. The highest BCUT2D eigenvalue weighted by Crippen LogP contribution is 2.17. The molecule has 5 nitrogen and oxygen atoms in total. The third kappa shape index (κ3) is 3.95. The lowest BCUT2D eigenvalue weighted by Gasteiger charge is -2.30. The third-order valence-corrected chi connectivity index (χ3v) is 3.40. The molecule has 112 valence electrons. The number of carbonyl (C=O) groups excluding carboxylic acids is 1. The molecule has 0 aromatic heterocycles. The molecule has 1 aromatic carbocycles. The van der Waals surface area contributed by atoms with Gasteiger partial charge in [0.1, 0.15) is 0 Å². The summed E-state index contributed by atoms with van der Waals surface area (Å²) in [5, 5.41) is 24.7. The van der Waals surface area contributed by atoms with E-state index in [1.807, 2.05) is 19.1 Å². The van der Waals surface area contributed by atoms with E-state index >= 15 is 0 Å². The van der Waals surface area contributed by atoms with Gasteiger partial charge in [0.05, 0.1) is 24.3 Å². The van der Waals surface area contributed by atoms with Crippen LogP contribution in [0.2, 0.25) is 0 Å². The number of carbonyl (C=O) groups is 1. The zero-order chi connectivity index (χ0) is 15.0. The second kappa shape index (κ2) is 7.87. The van der Waals surface area contributed by atoms with Gasteiger partial charge in [0.25, 0.3) is 5.91 Å². The van der Waals surface area contributed by atoms with Crippen LogP contribution in [-0.4, -0.2) is 41.4 Å². The molecule has 1 amide bonds. The normalized spacial score (nSPS) is 11.2. The van der Waals surface area contributed by atoms with Crippen LogP contribution in [0.4, 0.5) is 5.69 Å². The Morgan fingerprint density at radius 1 is 1.20 bits per heavy atom. The Hall–Kier alpha value is -1.59. The molecule has 0 aliphatic rings. The lowest BCUT2D eigenvalue weighted by atomic mass is 9.97. The van der Waals surface area contributed by atoms with E-state index in [2.05, 4.69) is 17.6 Å². The number of hydrogen-bond donors (Lipinski definition) is 4. The maximum atomic E-state index is 12.3. The quantitative estimate of drug-likeness (QED) is 0.580. The number of para-hydroxylation sites is 1. The SMILES string of the molecule is CCCNc1ccccc1C(=O)NC(CC)(CO)CO. The van der Waals surface area contributed by atoms with Gasteiger partial charge in [-0.05, 0) is 25.0 Å². The van der Waals surface area contributed by atoms with Gasteiger partial charge in [-0.3, -0.25) is 4.79 Å². The third-order valence-electron chi connectivity index (χ3n) is 3.40. The van der Waals surface area contributed by atoms with E-state index in [0.29, 0.717) is 12.0 Å². The van der Waals surface area contributed by atoms with Crippen LogP contribution in [0.5, 0.6) is 0 Å². The van der Waals surface area contributed by atoms with Crippen molar-refractivity contribution in [1.82, 2.24) is 5.32 Å². The average Bonchev–Trinajstić information content (AvgIpc) is 2.51. The van der Waals surface area contributed by atoms with Gasteiger partial charge in [0.15, 0.2) is 0 Å². The van der Waals surface area contributed by atoms with Crippen molar-refractivity contribution >= 4 is 11.6 Å². The minimum Gasteiger partial charge on any atom is -0.394 e. The molecule has 20 heavy (non-hydrogen) atoms. The summed E-state index contributed by atoms with van der Waals surface area (Å²) in [5.74, 6) is -0.297. The fraction of sp³-hybridized carbons (Fsp3) is 0.533. The first kappa shape index (κ1) is 16.5. The zero-order valence-electron chi connectivity index (χ0n) is 12.1. The first-order valence-electron chi connectivity index (χ1n) is 6.99. The Balaban J connectivity index is 2.91. The van der Waals surface area contributed by atoms with Crippen LogP contribution in [0.1, 0.15) is 37.0 Å². The lowest BCUT2D eigenvalue weighted by molar-refractivity contribution is 0.0653. The largest absolute Gasteiger partial charge is 0.394 e. The first-order chi connectivity index (χ1) is 9.62. The number of benzene rings is 1. The van der Waals surface area contributed by atoms with Crippen molar-refractivity contribution in [3.63, 3.8) is 0 Å². The topological polar surface area (TPSA) is 81.6 Å². The smallest absolute Gasteiger partial charge is 0.253 e. The Morgan fingerprint density at radius 2 is 1.85 bits per heavy atom. The van der Waals surface area contributed by atoms with Crippen molar-refractivity contribution in [3.05, 3.63) is 29.8 Å². The van der Waals surface area contributed by atoms with E-state index < -0.39 is 5.54 Å². The fourth-order valence-corrected chi connectivity index (χ4v) is 1.84. The van der Waals surface area contributed by atoms with Crippen molar-refractivity contribution in [3.8, 4) is 0 Å². The van der Waals surface area contributed by atoms with E-state index in [-0.39, 0.29) is 19.1 Å². The molecule has 0 fully saturated rings. The minimum absolute atomic E-state index is 0.295. The molecular weight excluding hydrogens is 256 g/mol. The minimum atomic E-state index is -0.977. The second-order valence-corrected chi connectivity index (χ2v) is 4.88. The van der Waals surface area contributed by atoms with Crippen LogP contribution in [0.25, 0.3) is 0 Å². The van der Waals surface area contributed by atoms with Gasteiger partial charge in [0.2, 0.25) is 0 Å². The molecule has 0 radical (unpaired) electrons. The molecular formula is C15H24N2O3. The number of hydrogen-bond acceptors (Lipinski definition) is 4. The molecule has 4 N–H and O–H groups in total. The highest BCUT2D eigenvalue weighted by molar-refractivity contribution is 6.00. The molecule has 5 heteroatoms. The summed E-state index contributed by atoms with van der Waals surface area (Å²) in [6.45, 7) is 4.05. The van der Waals surface area contributed by atoms with Crippen molar-refractivity contribution in [2.24, 2.45) is 0 Å². The lowest BCUT2D eigenvalue weighted by Crippen LogP contribution is -2.53. The van der Waals surface area contributed by atoms with Crippen LogP contribution in [0.3, 0.4) is 0 Å². The first-order valence-corrected chi connectivity index (χ1v) is 6.99. The maximum Gasteiger partial charge on any atom is 0.253 e. The zero-order valence-corrected chi connectivity index (χ0v) is 12.1. The predicted molar refractivity (Wildman–Crippen MR) is 79.9 cm³/mol. The molecule has 0 atom stereocenters. The summed E-state index contributed by atoms with van der Waals surface area (Å²) >= 11 is 0. The molecule has 0 heterocycles. The average molecular weight is 280 g/mol. The second-order valence-electron chi connectivity index (χ2n) is 4.88. The molecule has 0 spiro atoms. The molecule has 0 saturated heterocycles. The van der Waals surface area contributed by atoms with Crippen molar-refractivity contribution in [2.45, 2.75) is 32.2 Å². The fourth-order valence-electron chi connectivity index (χ4n) is 1.84. The van der Waals surface area contributed by atoms with E-state index in [9.17, 15) is 15.0 Å². The highest BCUT2D eigenvalue weighted by atomic mass is 16.3. The predicted octanol–water partition coefficient (Wildman–Crippen LogP) is 1.37. The Bertz CT molecular complexity index is 423. The Kier molecular flexibility index (Phi) is 6.48. The van der Waals surface area contributed by atoms with E-state index in [1.165, 1.54) is 0 Å². The number of anilines is 1. The number of rotatable bonds is 8. The van der Waals surface area contributed by atoms with Gasteiger partial charge >= 0.3 is 0 Å². The molecule has 1 aromatic rings. The number of aliphatic hydroxyl groups is 2. The van der Waals surface area contributed by atoms with Gasteiger partial charge in [-0.1, -0.05) is 26.0 Å². The molecule has 0 bridgehead atoms. The van der Waals surface area contributed by atoms with E-state index in [4.69, 9.17) is 0 Å². The van der Waals surface area contributed by atoms with Crippen molar-refractivity contribution < 1.29 is 15.0 Å². The van der Waals surface area contributed by atoms with Crippen LogP contribution in [0, 0.1) is 0 Å². The van der Waals surface area contributed by atoms with E-state index in [0.717, 1.165) is 18.7 Å². The summed E-state index contributed by atoms with van der Waals surface area (Å²) in [4.78, 5) is 12.3. The molecule has 0 aliphatic heterocycles. The summed E-state index contributed by atoms with van der Waals surface area (Å²) < 4.78 is 0. The standard InChI is InChI=1S/C15H24N2O3/c1-3-9-16-13-8-6-5-7-12(13)14(20)17-15(4-2,10-18)11-19/h5-8,16,18-19H,3-4,9-11H2,1-2H3,(H,17,20). The summed E-state index contributed by atoms with van der Waals surface area (Å²) in [5.41, 5.74) is 0.294. The van der Waals surface area contributed by atoms with Gasteiger partial charge in [-0.15, -0.1) is 0 Å². The monoisotopic (exact) mass is 280 g/mol. The van der Waals surface area contributed by atoms with Crippen molar-refractivity contribution in [2.75, 3.05) is 25.1 Å². The number of nitrogens with one attached hydrogen (secondary N) is 2. The van der Waals surface area contributed by atoms with Crippen LogP contribution >= 0.6 is 0 Å². The van der Waals surface area contributed by atoms with E-state index in [1.54, 1.807) is 12.1 Å². The van der Waals surface area contributed by atoms with Gasteiger partial charge < -0.3 is 20.8 Å². The Morgan fingerprint density at radius 3 is 2.40 bits per heavy atom.